The van der Waals surface area contributed by atoms with Crippen LogP contribution in [0.4, 0.5) is 4.79 Å². The SMILES string of the molecule is CN(Cc1ccc(Cl)s1)C(=O)NNC(=O)c1ccccc1. The van der Waals surface area contributed by atoms with Gasteiger partial charge in [-0.15, -0.1) is 11.3 Å². The van der Waals surface area contributed by atoms with E-state index in [1.54, 1.807) is 37.4 Å². The van der Waals surface area contributed by atoms with Gasteiger partial charge in [0.05, 0.1) is 10.9 Å². The van der Waals surface area contributed by atoms with Crippen LogP contribution in [0.2, 0.25) is 4.34 Å². The number of urea groups is 1. The van der Waals surface area contributed by atoms with Crippen LogP contribution in [0, 0.1) is 0 Å². The van der Waals surface area contributed by atoms with Crippen LogP contribution < -0.4 is 10.9 Å². The molecule has 0 unspecified atom stereocenters. The highest BCUT2D eigenvalue weighted by atomic mass is 35.5. The molecule has 0 spiro atoms. The van der Waals surface area contributed by atoms with Crippen molar-refractivity contribution >= 4 is 34.9 Å². The van der Waals surface area contributed by atoms with Gasteiger partial charge in [-0.05, 0) is 24.3 Å². The molecule has 1 aromatic carbocycles. The van der Waals surface area contributed by atoms with E-state index >= 15 is 0 Å². The molecule has 1 aromatic heterocycles. The van der Waals surface area contributed by atoms with Crippen molar-refractivity contribution in [3.8, 4) is 0 Å². The van der Waals surface area contributed by atoms with Gasteiger partial charge in [0.25, 0.3) is 5.91 Å². The van der Waals surface area contributed by atoms with Crippen molar-refractivity contribution in [2.45, 2.75) is 6.54 Å². The highest BCUT2D eigenvalue weighted by molar-refractivity contribution is 7.16. The summed E-state index contributed by atoms with van der Waals surface area (Å²) in [5.41, 5.74) is 5.21. The van der Waals surface area contributed by atoms with Crippen LogP contribution >= 0.6 is 22.9 Å². The minimum Gasteiger partial charge on any atom is -0.321 e. The predicted octanol–water partition coefficient (Wildman–Crippen LogP) is 2.89. The minimum atomic E-state index is -0.399. The van der Waals surface area contributed by atoms with Crippen LogP contribution in [0.25, 0.3) is 0 Å². The Labute approximate surface area is 131 Å². The monoisotopic (exact) mass is 323 g/mol. The Balaban J connectivity index is 1.82. The lowest BCUT2D eigenvalue weighted by atomic mass is 10.2. The van der Waals surface area contributed by atoms with Gasteiger partial charge in [-0.1, -0.05) is 29.8 Å². The second kappa shape index (κ2) is 7.10. The maximum atomic E-state index is 11.9. The van der Waals surface area contributed by atoms with Crippen molar-refractivity contribution in [3.05, 3.63) is 57.2 Å². The lowest BCUT2D eigenvalue weighted by molar-refractivity contribution is 0.0931. The molecule has 0 atom stereocenters. The standard InChI is InChI=1S/C14H14ClN3O2S/c1-18(9-11-7-8-12(15)21-11)14(20)17-16-13(19)10-5-3-2-4-6-10/h2-8H,9H2,1H3,(H,16,19)(H,17,20). The summed E-state index contributed by atoms with van der Waals surface area (Å²) in [5, 5.41) is 0. The normalized spacial score (nSPS) is 10.0. The first-order chi connectivity index (χ1) is 10.1. The third-order valence-electron chi connectivity index (χ3n) is 2.69. The van der Waals surface area contributed by atoms with Gasteiger partial charge in [-0.25, -0.2) is 10.2 Å². The number of halogens is 1. The summed E-state index contributed by atoms with van der Waals surface area (Å²) in [4.78, 5) is 26.1. The van der Waals surface area contributed by atoms with Gasteiger partial charge in [-0.3, -0.25) is 10.2 Å². The average Bonchev–Trinajstić information content (AvgIpc) is 2.90. The summed E-state index contributed by atoms with van der Waals surface area (Å²) in [6.07, 6.45) is 0. The van der Waals surface area contributed by atoms with Crippen molar-refractivity contribution in [3.63, 3.8) is 0 Å². The second-order valence-corrected chi connectivity index (χ2v) is 6.11. The molecule has 0 aliphatic carbocycles. The molecule has 1 heterocycles. The molecule has 2 rings (SSSR count). The van der Waals surface area contributed by atoms with E-state index < -0.39 is 6.03 Å². The van der Waals surface area contributed by atoms with Crippen LogP contribution in [0.3, 0.4) is 0 Å². The number of hydrogen-bond acceptors (Lipinski definition) is 3. The van der Waals surface area contributed by atoms with E-state index in [-0.39, 0.29) is 5.91 Å². The molecule has 2 aromatic rings. The molecule has 0 saturated heterocycles. The minimum absolute atomic E-state index is 0.364. The molecule has 0 saturated carbocycles. The Morgan fingerprint density at radius 2 is 1.86 bits per heavy atom. The van der Waals surface area contributed by atoms with E-state index in [1.165, 1.54) is 16.2 Å². The summed E-state index contributed by atoms with van der Waals surface area (Å²) in [6, 6.07) is 11.9. The smallest absolute Gasteiger partial charge is 0.321 e. The number of rotatable bonds is 3. The third-order valence-corrected chi connectivity index (χ3v) is 3.90. The van der Waals surface area contributed by atoms with Crippen LogP contribution in [0.5, 0.6) is 0 Å². The first kappa shape index (κ1) is 15.3. The summed E-state index contributed by atoms with van der Waals surface area (Å²) >= 11 is 7.25. The molecule has 0 radical (unpaired) electrons. The molecule has 5 nitrogen and oxygen atoms in total. The van der Waals surface area contributed by atoms with Crippen molar-refractivity contribution in [2.24, 2.45) is 0 Å². The van der Waals surface area contributed by atoms with Crippen molar-refractivity contribution < 1.29 is 9.59 Å². The second-order valence-electron chi connectivity index (χ2n) is 4.31. The van der Waals surface area contributed by atoms with Crippen LogP contribution in [0.1, 0.15) is 15.2 Å². The van der Waals surface area contributed by atoms with Gasteiger partial charge < -0.3 is 4.90 Å². The number of carbonyl (C=O) groups excluding carboxylic acids is 2. The highest BCUT2D eigenvalue weighted by Gasteiger charge is 2.12. The van der Waals surface area contributed by atoms with Crippen LogP contribution in [-0.4, -0.2) is 23.9 Å². The molecule has 2 N–H and O–H groups in total. The van der Waals surface area contributed by atoms with E-state index in [4.69, 9.17) is 11.6 Å². The number of hydrogen-bond donors (Lipinski definition) is 2. The Hall–Kier alpha value is -2.05. The fraction of sp³-hybridized carbons (Fsp3) is 0.143. The van der Waals surface area contributed by atoms with E-state index in [1.807, 2.05) is 12.1 Å². The summed E-state index contributed by atoms with van der Waals surface area (Å²) in [6.45, 7) is 0.421. The Kier molecular flexibility index (Phi) is 5.19. The number of nitrogens with one attached hydrogen (secondary N) is 2. The molecule has 21 heavy (non-hydrogen) atoms. The Bertz CT molecular complexity index is 630. The average molecular weight is 324 g/mol. The molecule has 0 aliphatic heterocycles. The van der Waals surface area contributed by atoms with Crippen molar-refractivity contribution in [2.75, 3.05) is 7.05 Å². The molecule has 3 amide bonds. The zero-order valence-corrected chi connectivity index (χ0v) is 12.9. The highest BCUT2D eigenvalue weighted by Crippen LogP contribution is 2.22. The van der Waals surface area contributed by atoms with E-state index in [0.29, 0.717) is 16.4 Å². The fourth-order valence-corrected chi connectivity index (χ4v) is 2.75. The number of hydrazine groups is 1. The van der Waals surface area contributed by atoms with Gasteiger partial charge in [-0.2, -0.15) is 0 Å². The summed E-state index contributed by atoms with van der Waals surface area (Å²) in [5.74, 6) is -0.364. The zero-order valence-electron chi connectivity index (χ0n) is 11.3. The van der Waals surface area contributed by atoms with Gasteiger partial charge in [0.2, 0.25) is 0 Å². The predicted molar refractivity (Wildman–Crippen MR) is 83.2 cm³/mol. The van der Waals surface area contributed by atoms with Crippen LogP contribution in [-0.2, 0) is 6.54 Å². The molecular formula is C14H14ClN3O2S. The Morgan fingerprint density at radius 3 is 2.48 bits per heavy atom. The topological polar surface area (TPSA) is 61.4 Å². The maximum Gasteiger partial charge on any atom is 0.336 e. The first-order valence-corrected chi connectivity index (χ1v) is 7.36. The molecule has 0 aliphatic rings. The molecule has 7 heteroatoms. The Morgan fingerprint density at radius 1 is 1.14 bits per heavy atom. The fourth-order valence-electron chi connectivity index (χ4n) is 1.61. The van der Waals surface area contributed by atoms with Gasteiger partial charge >= 0.3 is 6.03 Å². The van der Waals surface area contributed by atoms with E-state index in [9.17, 15) is 9.59 Å². The van der Waals surface area contributed by atoms with Crippen LogP contribution in [0.15, 0.2) is 42.5 Å². The summed E-state index contributed by atoms with van der Waals surface area (Å²) in [7, 11) is 1.64. The lowest BCUT2D eigenvalue weighted by Gasteiger charge is -2.17. The van der Waals surface area contributed by atoms with Crippen molar-refractivity contribution in [1.82, 2.24) is 15.8 Å². The molecule has 110 valence electrons. The van der Waals surface area contributed by atoms with Gasteiger partial charge in [0.15, 0.2) is 0 Å². The van der Waals surface area contributed by atoms with Gasteiger partial charge in [0, 0.05) is 17.5 Å². The number of carbonyl (C=O) groups is 2. The number of benzene rings is 1. The quantitative estimate of drug-likeness (QED) is 0.853. The number of nitrogens with zero attached hydrogens (tertiary/aromatic N) is 1. The van der Waals surface area contributed by atoms with E-state index in [2.05, 4.69) is 10.9 Å². The largest absolute Gasteiger partial charge is 0.336 e. The maximum absolute atomic E-state index is 11.9. The number of thiophene rings is 1. The number of amides is 3. The third kappa shape index (κ3) is 4.47. The molecule has 0 fully saturated rings. The van der Waals surface area contributed by atoms with E-state index in [0.717, 1.165) is 4.88 Å². The molecular weight excluding hydrogens is 310 g/mol. The lowest BCUT2D eigenvalue weighted by Crippen LogP contribution is -2.47. The zero-order chi connectivity index (χ0) is 15.2. The molecule has 0 bridgehead atoms. The van der Waals surface area contributed by atoms with Gasteiger partial charge in [0.1, 0.15) is 0 Å². The summed E-state index contributed by atoms with van der Waals surface area (Å²) < 4.78 is 0.677. The van der Waals surface area contributed by atoms with Crippen molar-refractivity contribution in [1.29, 1.82) is 0 Å². The first-order valence-electron chi connectivity index (χ1n) is 6.17.